The van der Waals surface area contributed by atoms with Crippen molar-refractivity contribution in [1.29, 1.82) is 0 Å². The van der Waals surface area contributed by atoms with E-state index in [0.717, 1.165) is 5.56 Å². The lowest BCUT2D eigenvalue weighted by molar-refractivity contribution is -0.728. The van der Waals surface area contributed by atoms with Crippen LogP contribution in [0, 0.1) is 5.21 Å². The average molecular weight is 306 g/mol. The highest BCUT2D eigenvalue weighted by Crippen LogP contribution is 2.35. The van der Waals surface area contributed by atoms with Crippen molar-refractivity contribution in [2.75, 3.05) is 6.61 Å². The highest BCUT2D eigenvalue weighted by atomic mass is 17.2. The van der Waals surface area contributed by atoms with Crippen LogP contribution in [-0.2, 0) is 25.8 Å². The van der Waals surface area contributed by atoms with E-state index >= 15 is 0 Å². The van der Waals surface area contributed by atoms with Crippen LogP contribution < -0.4 is 15.3 Å². The smallest absolute Gasteiger partial charge is 0.393 e. The van der Waals surface area contributed by atoms with Gasteiger partial charge in [0.2, 0.25) is 12.1 Å². The fraction of sp³-hybridized carbons (Fsp3) is 0.286. The Morgan fingerprint density at radius 3 is 3.14 bits per heavy atom. The zero-order valence-corrected chi connectivity index (χ0v) is 11.8. The van der Waals surface area contributed by atoms with Gasteiger partial charge in [0.1, 0.15) is 12.3 Å². The Kier molecular flexibility index (Phi) is 3.80. The maximum Gasteiger partial charge on any atom is 0.393 e. The molecule has 0 fully saturated rings. The van der Waals surface area contributed by atoms with E-state index in [-0.39, 0.29) is 24.6 Å². The lowest BCUT2D eigenvalue weighted by Crippen LogP contribution is -3.02. The van der Waals surface area contributed by atoms with Crippen molar-refractivity contribution < 1.29 is 29.2 Å². The molecule has 0 saturated heterocycles. The highest BCUT2D eigenvalue weighted by Gasteiger charge is 2.34. The second kappa shape index (κ2) is 5.76. The van der Waals surface area contributed by atoms with Gasteiger partial charge in [0.25, 0.3) is 0 Å². The summed E-state index contributed by atoms with van der Waals surface area (Å²) >= 11 is 0. The number of esters is 1. The monoisotopic (exact) mass is 306 g/mol. The van der Waals surface area contributed by atoms with Gasteiger partial charge in [-0.2, -0.15) is 4.89 Å². The molecule has 2 N–H and O–H groups in total. The van der Waals surface area contributed by atoms with E-state index in [2.05, 4.69) is 5.32 Å². The number of benzene rings is 1. The SMILES string of the molecule is CCOC(=O)C1=CC(NC=O)c2cc3c(cc2[NH+]1[O-])OOC3. The summed E-state index contributed by atoms with van der Waals surface area (Å²) in [6.45, 7) is 2.07. The number of carbonyl (C=O) groups is 2. The molecule has 22 heavy (non-hydrogen) atoms. The van der Waals surface area contributed by atoms with Crippen molar-refractivity contribution in [3.63, 3.8) is 0 Å². The molecule has 0 aliphatic carbocycles. The van der Waals surface area contributed by atoms with Crippen molar-refractivity contribution in [3.8, 4) is 5.75 Å². The minimum absolute atomic E-state index is 0.104. The van der Waals surface area contributed by atoms with Gasteiger partial charge in [0.15, 0.2) is 5.75 Å². The molecule has 2 atom stereocenters. The van der Waals surface area contributed by atoms with Gasteiger partial charge >= 0.3 is 5.97 Å². The standard InChI is InChI=1S/C14H14N2O6/c1-2-20-14(18)12-4-10(15-7-17)9-3-8-6-21-22-13(8)5-11(9)16(12)19/h3-5,7,10,16H,2,6H2,1H3,(H,15,17). The van der Waals surface area contributed by atoms with E-state index in [4.69, 9.17) is 14.5 Å². The third kappa shape index (κ3) is 2.33. The van der Waals surface area contributed by atoms with Gasteiger partial charge in [-0.05, 0) is 13.0 Å². The van der Waals surface area contributed by atoms with Crippen LogP contribution in [0.3, 0.4) is 0 Å². The highest BCUT2D eigenvalue weighted by molar-refractivity contribution is 5.87. The normalized spacial score (nSPS) is 22.0. The maximum atomic E-state index is 12.5. The summed E-state index contributed by atoms with van der Waals surface area (Å²) in [5.74, 6) is -0.282. The topological polar surface area (TPSA) is 101 Å². The number of rotatable bonds is 4. The van der Waals surface area contributed by atoms with Crippen molar-refractivity contribution in [3.05, 3.63) is 40.2 Å². The van der Waals surface area contributed by atoms with Crippen LogP contribution in [0.15, 0.2) is 23.9 Å². The molecule has 1 aromatic carbocycles. The molecule has 1 amide bonds. The summed E-state index contributed by atoms with van der Waals surface area (Å²) in [7, 11) is 0. The van der Waals surface area contributed by atoms with Crippen molar-refractivity contribution in [2.24, 2.45) is 0 Å². The van der Waals surface area contributed by atoms with Gasteiger partial charge in [-0.15, -0.1) is 0 Å². The number of carbonyl (C=O) groups excluding carboxylic acids is 2. The lowest BCUT2D eigenvalue weighted by atomic mass is 9.96. The molecule has 0 aromatic heterocycles. The molecule has 8 nitrogen and oxygen atoms in total. The molecule has 0 saturated carbocycles. The predicted octanol–water partition coefficient (Wildman–Crippen LogP) is -0.227. The van der Waals surface area contributed by atoms with Crippen molar-refractivity contribution in [1.82, 2.24) is 5.32 Å². The molecule has 1 aromatic rings. The molecule has 2 aliphatic rings. The number of hydrogen-bond acceptors (Lipinski definition) is 6. The predicted molar refractivity (Wildman–Crippen MR) is 72.5 cm³/mol. The van der Waals surface area contributed by atoms with Crippen LogP contribution in [0.25, 0.3) is 0 Å². The van der Waals surface area contributed by atoms with E-state index < -0.39 is 17.1 Å². The number of amides is 1. The van der Waals surface area contributed by atoms with Crippen molar-refractivity contribution >= 4 is 18.1 Å². The van der Waals surface area contributed by atoms with Crippen LogP contribution in [0.4, 0.5) is 5.69 Å². The minimum atomic E-state index is -0.714. The zero-order chi connectivity index (χ0) is 15.7. The Morgan fingerprint density at radius 1 is 1.59 bits per heavy atom. The van der Waals surface area contributed by atoms with Crippen LogP contribution >= 0.6 is 0 Å². The van der Waals surface area contributed by atoms with E-state index in [9.17, 15) is 14.8 Å². The summed E-state index contributed by atoms with van der Waals surface area (Å²) < 4.78 is 4.89. The van der Waals surface area contributed by atoms with Crippen LogP contribution in [0.5, 0.6) is 5.75 Å². The number of fused-ring (bicyclic) bond motifs is 2. The fourth-order valence-electron chi connectivity index (χ4n) is 2.50. The Balaban J connectivity index is 2.06. The van der Waals surface area contributed by atoms with Gasteiger partial charge in [0.05, 0.1) is 12.6 Å². The molecule has 8 heteroatoms. The number of nitrogens with one attached hydrogen (secondary N) is 2. The summed E-state index contributed by atoms with van der Waals surface area (Å²) in [4.78, 5) is 32.6. The minimum Gasteiger partial charge on any atom is -0.623 e. The molecule has 0 radical (unpaired) electrons. The second-order valence-corrected chi connectivity index (χ2v) is 4.78. The first-order valence-electron chi connectivity index (χ1n) is 6.75. The third-order valence-electron chi connectivity index (χ3n) is 3.50. The molecule has 2 aliphatic heterocycles. The van der Waals surface area contributed by atoms with Gasteiger partial charge < -0.3 is 25.2 Å². The van der Waals surface area contributed by atoms with Crippen molar-refractivity contribution in [2.45, 2.75) is 19.6 Å². The largest absolute Gasteiger partial charge is 0.623 e. The van der Waals surface area contributed by atoms with Gasteiger partial charge in [0, 0.05) is 23.3 Å². The Labute approximate surface area is 125 Å². The first kappa shape index (κ1) is 14.5. The molecular formula is C14H14N2O6. The number of ether oxygens (including phenoxy) is 1. The molecule has 116 valence electrons. The van der Waals surface area contributed by atoms with E-state index in [1.807, 2.05) is 0 Å². The van der Waals surface area contributed by atoms with Crippen LogP contribution in [-0.4, -0.2) is 19.0 Å². The molecule has 0 bridgehead atoms. The molecule has 0 spiro atoms. The average Bonchev–Trinajstić information content (AvgIpc) is 2.96. The van der Waals surface area contributed by atoms with Gasteiger partial charge in [-0.1, -0.05) is 0 Å². The summed E-state index contributed by atoms with van der Waals surface area (Å²) in [6, 6.07) is 2.66. The zero-order valence-electron chi connectivity index (χ0n) is 11.8. The second-order valence-electron chi connectivity index (χ2n) is 4.78. The first-order chi connectivity index (χ1) is 10.7. The summed E-state index contributed by atoms with van der Waals surface area (Å²) in [6.07, 6.45) is 1.92. The Morgan fingerprint density at radius 2 is 2.41 bits per heavy atom. The van der Waals surface area contributed by atoms with Crippen LogP contribution in [0.1, 0.15) is 24.1 Å². The maximum absolute atomic E-state index is 12.5. The Hall–Kier alpha value is -2.42. The number of hydroxylamine groups is 1. The molecule has 2 heterocycles. The van der Waals surface area contributed by atoms with E-state index in [0.29, 0.717) is 17.7 Å². The van der Waals surface area contributed by atoms with Gasteiger partial charge in [-0.25, -0.2) is 4.79 Å². The molecular weight excluding hydrogens is 292 g/mol. The molecule has 3 rings (SSSR count). The van der Waals surface area contributed by atoms with E-state index in [1.54, 1.807) is 13.0 Å². The summed E-state index contributed by atoms with van der Waals surface area (Å²) in [5.41, 5.74) is 1.55. The lowest BCUT2D eigenvalue weighted by Gasteiger charge is -2.31. The van der Waals surface area contributed by atoms with Crippen LogP contribution in [0.2, 0.25) is 0 Å². The first-order valence-corrected chi connectivity index (χ1v) is 6.75. The Bertz CT molecular complexity index is 657. The third-order valence-corrected chi connectivity index (χ3v) is 3.50. The fourth-order valence-corrected chi connectivity index (χ4v) is 2.50. The number of hydrogen-bond donors (Lipinski definition) is 2. The van der Waals surface area contributed by atoms with E-state index in [1.165, 1.54) is 12.1 Å². The van der Waals surface area contributed by atoms with Gasteiger partial charge in [-0.3, -0.25) is 4.79 Å². The molecule has 2 unspecified atom stereocenters. The summed E-state index contributed by atoms with van der Waals surface area (Å²) in [5, 5.41) is 14.6. The quantitative estimate of drug-likeness (QED) is 0.345. The number of quaternary nitrogens is 1.